The molecule has 0 aliphatic rings. The predicted molar refractivity (Wildman–Crippen MR) is 35.3 cm³/mol. The summed E-state index contributed by atoms with van der Waals surface area (Å²) >= 11 is 8.35. The average molecular weight is 234 g/mol. The zero-order valence-electron chi connectivity index (χ0n) is 4.27. The fraction of sp³-hybridized carbons (Fsp3) is 0.667. The second-order valence-corrected chi connectivity index (χ2v) is 1.99. The van der Waals surface area contributed by atoms with E-state index in [4.69, 9.17) is 0 Å². The molecule has 0 bridgehead atoms. The van der Waals surface area contributed by atoms with Crippen LogP contribution >= 0.6 is 24.8 Å². The molecule has 0 aromatic carbocycles. The van der Waals surface area contributed by atoms with Gasteiger partial charge in [0.15, 0.2) is 0 Å². The van der Waals surface area contributed by atoms with Crippen LogP contribution in [0.2, 0.25) is 0 Å². The maximum atomic E-state index is 4.55. The molecule has 0 unspecified atom stereocenters. The molecule has 1 nitrogen and oxygen atoms in total. The molecule has 0 heterocycles. The van der Waals surface area contributed by atoms with Gasteiger partial charge in [-0.25, -0.2) is 0 Å². The van der Waals surface area contributed by atoms with Crippen molar-refractivity contribution in [2.45, 2.75) is 6.92 Å². The fourth-order valence-electron chi connectivity index (χ4n) is 0.151. The van der Waals surface area contributed by atoms with Gasteiger partial charge >= 0.3 is 0 Å². The SMILES string of the molecule is CCNC(=S)S.[Cd]. The van der Waals surface area contributed by atoms with E-state index in [0.29, 0.717) is 4.32 Å². The predicted octanol–water partition coefficient (Wildman–Crippen LogP) is 0.808. The second kappa shape index (κ2) is 7.16. The number of hydrogen-bond acceptors (Lipinski definition) is 1. The van der Waals surface area contributed by atoms with E-state index in [1.165, 1.54) is 0 Å². The molecule has 0 saturated heterocycles. The Morgan fingerprint density at radius 1 is 1.86 bits per heavy atom. The van der Waals surface area contributed by atoms with Crippen LogP contribution in [0.1, 0.15) is 6.92 Å². The van der Waals surface area contributed by atoms with Gasteiger partial charge in [0.25, 0.3) is 0 Å². The molecule has 0 aromatic heterocycles. The quantitative estimate of drug-likeness (QED) is 0.395. The Morgan fingerprint density at radius 2 is 2.29 bits per heavy atom. The topological polar surface area (TPSA) is 12.0 Å². The summed E-state index contributed by atoms with van der Waals surface area (Å²) in [6.07, 6.45) is 0. The molecule has 0 rings (SSSR count). The van der Waals surface area contributed by atoms with E-state index in [2.05, 4.69) is 30.2 Å². The Kier molecular flexibility index (Phi) is 11.3. The minimum absolute atomic E-state index is 0. The van der Waals surface area contributed by atoms with Crippen LogP contribution in [0.15, 0.2) is 0 Å². The number of rotatable bonds is 1. The molecular formula is C3H7CdNS2. The zero-order chi connectivity index (χ0) is 4.99. The van der Waals surface area contributed by atoms with Crippen molar-refractivity contribution in [1.82, 2.24) is 5.32 Å². The van der Waals surface area contributed by atoms with Gasteiger partial charge in [-0.15, -0.1) is 12.6 Å². The van der Waals surface area contributed by atoms with Gasteiger partial charge < -0.3 is 5.32 Å². The van der Waals surface area contributed by atoms with Crippen LogP contribution in [0.4, 0.5) is 0 Å². The zero-order valence-corrected chi connectivity index (χ0v) is 10.0. The third-order valence-corrected chi connectivity index (χ3v) is 0.630. The summed E-state index contributed by atoms with van der Waals surface area (Å²) in [5.74, 6) is 0. The van der Waals surface area contributed by atoms with Crippen LogP contribution < -0.4 is 5.32 Å². The van der Waals surface area contributed by atoms with Gasteiger partial charge in [0.1, 0.15) is 4.32 Å². The third kappa shape index (κ3) is 11.0. The molecule has 0 atom stereocenters. The molecule has 0 aliphatic heterocycles. The first-order valence-corrected chi connectivity index (χ1v) is 2.59. The van der Waals surface area contributed by atoms with Gasteiger partial charge in [0.05, 0.1) is 0 Å². The third-order valence-electron chi connectivity index (χ3n) is 0.328. The van der Waals surface area contributed by atoms with Crippen molar-refractivity contribution >= 4 is 29.2 Å². The Balaban J connectivity index is 0. The Morgan fingerprint density at radius 3 is 2.29 bits per heavy atom. The Hall–Kier alpha value is 1.16. The van der Waals surface area contributed by atoms with Gasteiger partial charge in [0, 0.05) is 33.8 Å². The van der Waals surface area contributed by atoms with Crippen LogP contribution in [-0.4, -0.2) is 10.9 Å². The summed E-state index contributed by atoms with van der Waals surface area (Å²) in [5, 5.41) is 2.80. The maximum absolute atomic E-state index is 4.55. The number of nitrogens with one attached hydrogen (secondary N) is 1. The number of thiol groups is 1. The van der Waals surface area contributed by atoms with E-state index >= 15 is 0 Å². The molecule has 0 fully saturated rings. The molecule has 0 aliphatic carbocycles. The summed E-state index contributed by atoms with van der Waals surface area (Å²) in [5.41, 5.74) is 0. The van der Waals surface area contributed by atoms with Crippen LogP contribution in [0, 0.1) is 0 Å². The molecule has 0 aromatic rings. The van der Waals surface area contributed by atoms with E-state index < -0.39 is 0 Å². The van der Waals surface area contributed by atoms with Gasteiger partial charge in [-0.1, -0.05) is 12.2 Å². The number of hydrogen-bond donors (Lipinski definition) is 2. The van der Waals surface area contributed by atoms with Gasteiger partial charge in [-0.05, 0) is 6.92 Å². The summed E-state index contributed by atoms with van der Waals surface area (Å²) in [7, 11) is 0. The Bertz CT molecular complexity index is 56.9. The van der Waals surface area contributed by atoms with Crippen molar-refractivity contribution in [3.05, 3.63) is 0 Å². The van der Waals surface area contributed by atoms with Gasteiger partial charge in [0.2, 0.25) is 0 Å². The molecule has 4 heteroatoms. The van der Waals surface area contributed by atoms with Crippen molar-refractivity contribution < 1.29 is 27.3 Å². The van der Waals surface area contributed by atoms with E-state index in [1.54, 1.807) is 0 Å². The molecule has 1 N–H and O–H groups in total. The van der Waals surface area contributed by atoms with Crippen LogP contribution in [0.5, 0.6) is 0 Å². The first kappa shape index (κ1) is 11.0. The normalized spacial score (nSPS) is 6.57. The molecule has 38 valence electrons. The minimum atomic E-state index is 0. The van der Waals surface area contributed by atoms with Crippen molar-refractivity contribution in [1.29, 1.82) is 0 Å². The second-order valence-electron chi connectivity index (χ2n) is 0.835. The standard InChI is InChI=1S/C3H7NS2.Cd/c1-2-4-3(5)6;/h2H2,1H3,(H2,4,5,6);. The van der Waals surface area contributed by atoms with Gasteiger partial charge in [-0.2, -0.15) is 0 Å². The van der Waals surface area contributed by atoms with Crippen molar-refractivity contribution in [3.63, 3.8) is 0 Å². The molecular weight excluding hydrogens is 227 g/mol. The van der Waals surface area contributed by atoms with Crippen molar-refractivity contribution in [3.8, 4) is 0 Å². The molecule has 0 radical (unpaired) electrons. The first-order chi connectivity index (χ1) is 2.77. The average Bonchev–Trinajstić information content (AvgIpc) is 1.35. The van der Waals surface area contributed by atoms with Crippen LogP contribution in [0.3, 0.4) is 0 Å². The van der Waals surface area contributed by atoms with E-state index in [0.717, 1.165) is 6.54 Å². The summed E-state index contributed by atoms with van der Waals surface area (Å²) in [4.78, 5) is 0. The van der Waals surface area contributed by atoms with Crippen molar-refractivity contribution in [2.75, 3.05) is 6.54 Å². The van der Waals surface area contributed by atoms with E-state index in [-0.39, 0.29) is 27.3 Å². The van der Waals surface area contributed by atoms with Crippen molar-refractivity contribution in [2.24, 2.45) is 0 Å². The smallest absolute Gasteiger partial charge is 0.130 e. The Labute approximate surface area is 74.8 Å². The molecule has 0 saturated carbocycles. The van der Waals surface area contributed by atoms with E-state index in [1.807, 2.05) is 6.92 Å². The maximum Gasteiger partial charge on any atom is 0.130 e. The minimum Gasteiger partial charge on any atom is -0.371 e. The fourth-order valence-corrected chi connectivity index (χ4v) is 0.454. The largest absolute Gasteiger partial charge is 0.371 e. The van der Waals surface area contributed by atoms with Gasteiger partial charge in [-0.3, -0.25) is 0 Å². The molecule has 0 amide bonds. The molecule has 7 heavy (non-hydrogen) atoms. The monoisotopic (exact) mass is 235 g/mol. The van der Waals surface area contributed by atoms with Crippen LogP contribution in [0.25, 0.3) is 0 Å². The van der Waals surface area contributed by atoms with Crippen LogP contribution in [-0.2, 0) is 27.3 Å². The van der Waals surface area contributed by atoms with E-state index in [9.17, 15) is 0 Å². The number of thiocarbonyl (C=S) groups is 1. The summed E-state index contributed by atoms with van der Waals surface area (Å²) < 4.78 is 0.567. The summed E-state index contributed by atoms with van der Waals surface area (Å²) in [6, 6.07) is 0. The molecule has 0 spiro atoms. The summed E-state index contributed by atoms with van der Waals surface area (Å²) in [6.45, 7) is 2.84. The first-order valence-electron chi connectivity index (χ1n) is 1.74.